The number of hydrogen-bond donors (Lipinski definition) is 3. The summed E-state index contributed by atoms with van der Waals surface area (Å²) in [5.41, 5.74) is 8.14. The number of nitrogens with two attached hydrogens (primary N) is 1. The largest absolute Gasteiger partial charge is 0.298 e. The van der Waals surface area contributed by atoms with Crippen LogP contribution in [0.3, 0.4) is 0 Å². The summed E-state index contributed by atoms with van der Waals surface area (Å²) in [5, 5.41) is 2.75. The molecule has 5 heteroatoms. The molecule has 4 N–H and O–H groups in total. The Morgan fingerprint density at radius 2 is 2.50 bits per heavy atom. The summed E-state index contributed by atoms with van der Waals surface area (Å²) in [4.78, 5) is 0. The minimum absolute atomic E-state index is 0.00463. The van der Waals surface area contributed by atoms with E-state index in [1.165, 1.54) is 0 Å². The fourth-order valence-electron chi connectivity index (χ4n) is 0.0323. The van der Waals surface area contributed by atoms with Crippen molar-refractivity contribution < 1.29 is 0 Å². The maximum absolute atomic E-state index is 6.15. The molecule has 0 saturated heterocycles. The molecule has 0 spiro atoms. The van der Waals surface area contributed by atoms with Crippen LogP contribution in [0.4, 0.5) is 0 Å². The Balaban J connectivity index is 3.23. The topological polar surface area (TPSA) is 74.3 Å². The first kappa shape index (κ1) is 5.45. The predicted octanol–water partition coefficient (Wildman–Crippen LogP) is -0.234. The molecular formula is CH4N4S. The lowest BCUT2D eigenvalue weighted by atomic mass is 11.2. The van der Waals surface area contributed by atoms with E-state index < -0.39 is 0 Å². The van der Waals surface area contributed by atoms with Crippen molar-refractivity contribution in [1.82, 2.24) is 5.43 Å². The van der Waals surface area contributed by atoms with Gasteiger partial charge in [-0.25, -0.2) is 11.4 Å². The van der Waals surface area contributed by atoms with Gasteiger partial charge in [0, 0.05) is 0 Å². The van der Waals surface area contributed by atoms with E-state index in [9.17, 15) is 0 Å². The van der Waals surface area contributed by atoms with Crippen LogP contribution in [0.25, 0.3) is 0 Å². The SMILES string of the molecule is N=NC(=S)NN. The van der Waals surface area contributed by atoms with Crippen LogP contribution in [0.5, 0.6) is 0 Å². The number of nitrogens with zero attached hydrogens (tertiary/aromatic N) is 1. The molecule has 0 aromatic heterocycles. The molecule has 0 aliphatic heterocycles. The van der Waals surface area contributed by atoms with Crippen LogP contribution in [0, 0.1) is 5.53 Å². The second-order valence-corrected chi connectivity index (χ2v) is 0.948. The van der Waals surface area contributed by atoms with Gasteiger partial charge in [0.1, 0.15) is 0 Å². The summed E-state index contributed by atoms with van der Waals surface area (Å²) >= 11 is 4.27. The summed E-state index contributed by atoms with van der Waals surface area (Å²) in [5.74, 6) is 4.68. The van der Waals surface area contributed by atoms with Crippen molar-refractivity contribution >= 4 is 17.3 Å². The van der Waals surface area contributed by atoms with Crippen molar-refractivity contribution in [1.29, 1.82) is 5.53 Å². The third kappa shape index (κ3) is 1.74. The third-order valence-corrected chi connectivity index (χ3v) is 0.434. The number of rotatable bonds is 0. The van der Waals surface area contributed by atoms with E-state index in [0.717, 1.165) is 0 Å². The van der Waals surface area contributed by atoms with Gasteiger partial charge in [-0.05, 0) is 12.2 Å². The molecule has 4 nitrogen and oxygen atoms in total. The first-order valence-corrected chi connectivity index (χ1v) is 1.60. The Morgan fingerprint density at radius 1 is 2.00 bits per heavy atom. The Morgan fingerprint density at radius 3 is 2.50 bits per heavy atom. The van der Waals surface area contributed by atoms with E-state index in [1.807, 2.05) is 5.43 Å². The maximum atomic E-state index is 6.15. The fourth-order valence-corrected chi connectivity index (χ4v) is 0.0323. The zero-order valence-corrected chi connectivity index (χ0v) is 3.75. The Labute approximate surface area is 40.2 Å². The molecule has 0 aliphatic rings. The van der Waals surface area contributed by atoms with Gasteiger partial charge in [0.05, 0.1) is 0 Å². The summed E-state index contributed by atoms with van der Waals surface area (Å²) in [6.07, 6.45) is 0. The Hall–Kier alpha value is -0.550. The van der Waals surface area contributed by atoms with Crippen molar-refractivity contribution in [3.05, 3.63) is 0 Å². The number of nitrogens with one attached hydrogen (secondary N) is 2. The van der Waals surface area contributed by atoms with Crippen LogP contribution in [0.2, 0.25) is 0 Å². The molecule has 0 amide bonds. The highest BCUT2D eigenvalue weighted by atomic mass is 32.1. The molecule has 0 fully saturated rings. The summed E-state index contributed by atoms with van der Waals surface area (Å²) in [6.45, 7) is 0. The van der Waals surface area contributed by atoms with Gasteiger partial charge in [0.25, 0.3) is 0 Å². The highest BCUT2D eigenvalue weighted by molar-refractivity contribution is 7.80. The van der Waals surface area contributed by atoms with Gasteiger partial charge in [-0.1, -0.05) is 0 Å². The zero-order valence-electron chi connectivity index (χ0n) is 2.93. The Bertz CT molecular complexity index is 67.9. The lowest BCUT2D eigenvalue weighted by molar-refractivity contribution is 1.00. The van der Waals surface area contributed by atoms with E-state index in [2.05, 4.69) is 23.2 Å². The fraction of sp³-hybridized carbons (Fsp3) is 0. The minimum Gasteiger partial charge on any atom is -0.298 e. The lowest BCUT2D eigenvalue weighted by Gasteiger charge is -1.84. The molecule has 0 radical (unpaired) electrons. The minimum atomic E-state index is -0.00463. The number of hydrazine groups is 1. The summed E-state index contributed by atoms with van der Waals surface area (Å²) in [7, 11) is 0. The normalized spacial score (nSPS) is 6.83. The van der Waals surface area contributed by atoms with E-state index in [-0.39, 0.29) is 5.11 Å². The molecule has 0 unspecified atom stereocenters. The molecule has 0 rings (SSSR count). The van der Waals surface area contributed by atoms with Gasteiger partial charge in [-0.2, -0.15) is 0 Å². The monoisotopic (exact) mass is 104 g/mol. The van der Waals surface area contributed by atoms with Gasteiger partial charge in [-0.15, -0.1) is 5.11 Å². The van der Waals surface area contributed by atoms with Crippen LogP contribution in [0.15, 0.2) is 5.11 Å². The van der Waals surface area contributed by atoms with Crippen molar-refractivity contribution in [2.24, 2.45) is 11.0 Å². The molecule has 34 valence electrons. The summed E-state index contributed by atoms with van der Waals surface area (Å²) < 4.78 is 0. The van der Waals surface area contributed by atoms with Crippen LogP contribution in [0.1, 0.15) is 0 Å². The molecule has 0 saturated carbocycles. The van der Waals surface area contributed by atoms with Crippen molar-refractivity contribution in [2.45, 2.75) is 0 Å². The molecule has 0 heterocycles. The molecule has 0 aliphatic carbocycles. The van der Waals surface area contributed by atoms with E-state index >= 15 is 0 Å². The highest BCUT2D eigenvalue weighted by Gasteiger charge is 1.76. The van der Waals surface area contributed by atoms with E-state index in [4.69, 9.17) is 5.53 Å². The molecule has 6 heavy (non-hydrogen) atoms. The average Bonchev–Trinajstić information content (AvgIpc) is 1.65. The van der Waals surface area contributed by atoms with E-state index in [0.29, 0.717) is 0 Å². The third-order valence-electron chi connectivity index (χ3n) is 0.225. The quantitative estimate of drug-likeness (QED) is 0.172. The molecular weight excluding hydrogens is 100 g/mol. The van der Waals surface area contributed by atoms with E-state index in [1.54, 1.807) is 0 Å². The Kier molecular flexibility index (Phi) is 2.43. The highest BCUT2D eigenvalue weighted by Crippen LogP contribution is 1.63. The standard InChI is InChI=1S/CH4N4S/c2-4-1(6)5-3/h2H,3H2,(H,5,6). The van der Waals surface area contributed by atoms with Crippen LogP contribution >= 0.6 is 12.2 Å². The van der Waals surface area contributed by atoms with Gasteiger partial charge in [-0.3, -0.25) is 5.43 Å². The van der Waals surface area contributed by atoms with Crippen molar-refractivity contribution in [3.63, 3.8) is 0 Å². The smallest absolute Gasteiger partial charge is 0.227 e. The average molecular weight is 104 g/mol. The van der Waals surface area contributed by atoms with Crippen molar-refractivity contribution in [2.75, 3.05) is 0 Å². The lowest BCUT2D eigenvalue weighted by Crippen LogP contribution is -2.26. The summed E-state index contributed by atoms with van der Waals surface area (Å²) in [6, 6.07) is 0. The maximum Gasteiger partial charge on any atom is 0.227 e. The first-order chi connectivity index (χ1) is 2.81. The second-order valence-electron chi connectivity index (χ2n) is 0.561. The first-order valence-electron chi connectivity index (χ1n) is 1.19. The van der Waals surface area contributed by atoms with Gasteiger partial charge >= 0.3 is 0 Å². The van der Waals surface area contributed by atoms with Gasteiger partial charge < -0.3 is 0 Å². The zero-order chi connectivity index (χ0) is 4.99. The van der Waals surface area contributed by atoms with Gasteiger partial charge in [0.2, 0.25) is 5.11 Å². The second kappa shape index (κ2) is 2.67. The molecule has 0 aromatic rings. The molecule has 0 bridgehead atoms. The van der Waals surface area contributed by atoms with Crippen LogP contribution in [-0.4, -0.2) is 5.11 Å². The van der Waals surface area contributed by atoms with Gasteiger partial charge in [0.15, 0.2) is 0 Å². The molecule has 0 aromatic carbocycles. The van der Waals surface area contributed by atoms with Crippen molar-refractivity contribution in [3.8, 4) is 0 Å². The van der Waals surface area contributed by atoms with Crippen LogP contribution in [-0.2, 0) is 0 Å². The number of thiocarbonyl (C=S) groups is 1. The number of hydrogen-bond acceptors (Lipinski definition) is 3. The predicted molar refractivity (Wildman–Crippen MR) is 25.1 cm³/mol. The van der Waals surface area contributed by atoms with Crippen LogP contribution < -0.4 is 11.3 Å². The molecule has 0 atom stereocenters.